The van der Waals surface area contributed by atoms with E-state index in [4.69, 9.17) is 9.47 Å². The van der Waals surface area contributed by atoms with Gasteiger partial charge >= 0.3 is 5.82 Å². The molecule has 0 unspecified atom stereocenters. The molecule has 0 aliphatic rings. The monoisotopic (exact) mass is 201 g/mol. The Kier molecular flexibility index (Phi) is 3.41. The minimum Gasteiger partial charge on any atom is -0.474 e. The summed E-state index contributed by atoms with van der Waals surface area (Å²) in [6.07, 6.45) is 0. The molecule has 1 aromatic rings. The molecule has 0 fully saturated rings. The van der Waals surface area contributed by atoms with Crippen molar-refractivity contribution in [3.05, 3.63) is 16.2 Å². The third-order valence-corrected chi connectivity index (χ3v) is 1.55. The van der Waals surface area contributed by atoms with Crippen LogP contribution in [0.2, 0.25) is 0 Å². The maximum Gasteiger partial charge on any atom is 0.393 e. The number of aryl methyl sites for hydroxylation is 1. The van der Waals surface area contributed by atoms with Gasteiger partial charge in [-0.2, -0.15) is 0 Å². The van der Waals surface area contributed by atoms with Crippen LogP contribution in [0.1, 0.15) is 0 Å². The Hall–Kier alpha value is -1.63. The van der Waals surface area contributed by atoms with Crippen molar-refractivity contribution in [1.82, 2.24) is 9.78 Å². The van der Waals surface area contributed by atoms with Gasteiger partial charge in [-0.1, -0.05) is 0 Å². The lowest BCUT2D eigenvalue weighted by Crippen LogP contribution is -2.07. The molecule has 0 aromatic carbocycles. The van der Waals surface area contributed by atoms with Crippen molar-refractivity contribution in [2.24, 2.45) is 7.05 Å². The van der Waals surface area contributed by atoms with Gasteiger partial charge in [-0.15, -0.1) is 4.68 Å². The van der Waals surface area contributed by atoms with Gasteiger partial charge in [0.25, 0.3) is 0 Å². The number of nitro groups is 1. The maximum atomic E-state index is 10.3. The normalized spacial score (nSPS) is 10.1. The molecular weight excluding hydrogens is 190 g/mol. The molecule has 0 saturated carbocycles. The molecule has 7 nitrogen and oxygen atoms in total. The Morgan fingerprint density at radius 2 is 2.36 bits per heavy atom. The molecule has 7 heteroatoms. The molecule has 0 aliphatic carbocycles. The first-order valence-electron chi connectivity index (χ1n) is 3.95. The second-order valence-corrected chi connectivity index (χ2v) is 2.56. The molecule has 0 bridgehead atoms. The molecule has 0 saturated heterocycles. The van der Waals surface area contributed by atoms with Gasteiger partial charge < -0.3 is 19.6 Å². The van der Waals surface area contributed by atoms with Crippen LogP contribution in [0.5, 0.6) is 5.88 Å². The molecule has 1 heterocycles. The van der Waals surface area contributed by atoms with Crippen molar-refractivity contribution < 1.29 is 14.4 Å². The van der Waals surface area contributed by atoms with E-state index in [0.717, 1.165) is 0 Å². The quantitative estimate of drug-likeness (QED) is 0.390. The zero-order valence-electron chi connectivity index (χ0n) is 7.97. The first kappa shape index (κ1) is 10.5. The summed E-state index contributed by atoms with van der Waals surface area (Å²) in [5, 5.41) is 14.0. The number of hydrogen-bond donors (Lipinski definition) is 0. The average Bonchev–Trinajstić information content (AvgIpc) is 2.49. The van der Waals surface area contributed by atoms with Gasteiger partial charge in [0.2, 0.25) is 5.88 Å². The van der Waals surface area contributed by atoms with E-state index >= 15 is 0 Å². The van der Waals surface area contributed by atoms with Crippen molar-refractivity contribution in [2.75, 3.05) is 20.3 Å². The lowest BCUT2D eigenvalue weighted by molar-refractivity contribution is -0.389. The minimum atomic E-state index is -0.566. The lowest BCUT2D eigenvalue weighted by atomic mass is 10.6. The number of methoxy groups -OCH3 is 1. The van der Waals surface area contributed by atoms with E-state index < -0.39 is 4.92 Å². The van der Waals surface area contributed by atoms with E-state index in [2.05, 4.69) is 5.10 Å². The summed E-state index contributed by atoms with van der Waals surface area (Å²) in [6, 6.07) is 1.27. The lowest BCUT2D eigenvalue weighted by Gasteiger charge is -2.01. The minimum absolute atomic E-state index is 0.222. The molecule has 0 atom stereocenters. The molecule has 0 spiro atoms. The number of nitrogens with zero attached hydrogens (tertiary/aromatic N) is 3. The number of rotatable bonds is 5. The van der Waals surface area contributed by atoms with Crippen molar-refractivity contribution in [1.29, 1.82) is 0 Å². The highest BCUT2D eigenvalue weighted by atomic mass is 16.6. The molecule has 0 aliphatic heterocycles. The fourth-order valence-electron chi connectivity index (χ4n) is 0.890. The first-order chi connectivity index (χ1) is 6.65. The first-order valence-corrected chi connectivity index (χ1v) is 3.95. The highest BCUT2D eigenvalue weighted by Gasteiger charge is 2.16. The van der Waals surface area contributed by atoms with Crippen LogP contribution >= 0.6 is 0 Å². The van der Waals surface area contributed by atoms with Crippen LogP contribution in [0, 0.1) is 10.1 Å². The van der Waals surface area contributed by atoms with Crippen molar-refractivity contribution >= 4 is 5.82 Å². The van der Waals surface area contributed by atoms with Crippen LogP contribution in [-0.2, 0) is 11.8 Å². The zero-order chi connectivity index (χ0) is 10.6. The summed E-state index contributed by atoms with van der Waals surface area (Å²) >= 11 is 0. The fraction of sp³-hybridized carbons (Fsp3) is 0.571. The van der Waals surface area contributed by atoms with Crippen LogP contribution in [0.25, 0.3) is 0 Å². The van der Waals surface area contributed by atoms with Crippen molar-refractivity contribution in [3.8, 4) is 5.88 Å². The van der Waals surface area contributed by atoms with Gasteiger partial charge in [-0.25, -0.2) is 0 Å². The Morgan fingerprint density at radius 3 is 2.86 bits per heavy atom. The molecule has 14 heavy (non-hydrogen) atoms. The zero-order valence-corrected chi connectivity index (χ0v) is 7.97. The number of ether oxygens (including phenoxy) is 2. The standard InChI is InChI=1S/C7H11N3O4/c1-9-7(14-4-3-13-2)5-6(8-9)10(11)12/h5H,3-4H2,1-2H3. The van der Waals surface area contributed by atoms with Crippen LogP contribution in [-0.4, -0.2) is 35.0 Å². The second-order valence-electron chi connectivity index (χ2n) is 2.56. The van der Waals surface area contributed by atoms with Crippen LogP contribution in [0.4, 0.5) is 5.82 Å². The molecular formula is C7H11N3O4. The Labute approximate surface area is 80.4 Å². The summed E-state index contributed by atoms with van der Waals surface area (Å²) in [5.41, 5.74) is 0. The molecule has 0 N–H and O–H groups in total. The molecule has 1 aromatic heterocycles. The summed E-state index contributed by atoms with van der Waals surface area (Å²) in [6.45, 7) is 0.770. The fourth-order valence-corrected chi connectivity index (χ4v) is 0.890. The largest absolute Gasteiger partial charge is 0.474 e. The summed E-state index contributed by atoms with van der Waals surface area (Å²) < 4.78 is 11.3. The highest BCUT2D eigenvalue weighted by Crippen LogP contribution is 2.17. The van der Waals surface area contributed by atoms with Crippen LogP contribution < -0.4 is 4.74 Å². The summed E-state index contributed by atoms with van der Waals surface area (Å²) in [7, 11) is 3.13. The van der Waals surface area contributed by atoms with Crippen LogP contribution in [0.3, 0.4) is 0 Å². The summed E-state index contributed by atoms with van der Waals surface area (Å²) in [5.74, 6) is 0.133. The summed E-state index contributed by atoms with van der Waals surface area (Å²) in [4.78, 5) is 9.78. The van der Waals surface area contributed by atoms with Gasteiger partial charge in [-0.3, -0.25) is 0 Å². The van der Waals surface area contributed by atoms with Crippen molar-refractivity contribution in [2.45, 2.75) is 0 Å². The average molecular weight is 201 g/mol. The second kappa shape index (κ2) is 4.56. The van der Waals surface area contributed by atoms with E-state index in [9.17, 15) is 10.1 Å². The van der Waals surface area contributed by atoms with Gasteiger partial charge in [0.15, 0.2) is 0 Å². The van der Waals surface area contributed by atoms with E-state index in [-0.39, 0.29) is 5.82 Å². The van der Waals surface area contributed by atoms with E-state index in [1.807, 2.05) is 0 Å². The molecule has 1 rings (SSSR count). The van der Waals surface area contributed by atoms with Crippen LogP contribution in [0.15, 0.2) is 6.07 Å². The molecule has 78 valence electrons. The van der Waals surface area contributed by atoms with Gasteiger partial charge in [0.05, 0.1) is 18.8 Å². The topological polar surface area (TPSA) is 79.4 Å². The Balaban J connectivity index is 2.63. The van der Waals surface area contributed by atoms with Crippen molar-refractivity contribution in [3.63, 3.8) is 0 Å². The SMILES string of the molecule is COCCOc1cc([N+](=O)[O-])nn1C. The van der Waals surface area contributed by atoms with E-state index in [0.29, 0.717) is 19.1 Å². The van der Waals surface area contributed by atoms with Gasteiger partial charge in [0.1, 0.15) is 12.7 Å². The number of hydrogen-bond acceptors (Lipinski definition) is 5. The Bertz CT molecular complexity index is 323. The van der Waals surface area contributed by atoms with Gasteiger partial charge in [-0.05, 0) is 4.92 Å². The van der Waals surface area contributed by atoms with Gasteiger partial charge in [0, 0.05) is 7.11 Å². The Morgan fingerprint density at radius 1 is 1.64 bits per heavy atom. The molecule has 0 amide bonds. The van der Waals surface area contributed by atoms with E-state index in [1.54, 1.807) is 14.2 Å². The third-order valence-electron chi connectivity index (χ3n) is 1.55. The van der Waals surface area contributed by atoms with E-state index in [1.165, 1.54) is 10.7 Å². The maximum absolute atomic E-state index is 10.3. The predicted octanol–water partition coefficient (Wildman–Crippen LogP) is 0.354. The third kappa shape index (κ3) is 2.43. The molecule has 0 radical (unpaired) electrons. The predicted molar refractivity (Wildman–Crippen MR) is 47.2 cm³/mol. The highest BCUT2D eigenvalue weighted by molar-refractivity contribution is 5.26. The smallest absolute Gasteiger partial charge is 0.393 e. The number of aromatic nitrogens is 2.